The molecule has 0 saturated carbocycles. The van der Waals surface area contributed by atoms with E-state index in [1.807, 2.05) is 66.9 Å². The molecule has 0 atom stereocenters. The number of pyridine rings is 1. The van der Waals surface area contributed by atoms with Crippen molar-refractivity contribution in [3.63, 3.8) is 0 Å². The molecule has 242 valence electrons. The molecule has 10 aromatic rings. The van der Waals surface area contributed by atoms with Crippen LogP contribution in [0.3, 0.4) is 0 Å². The molecule has 4 aromatic heterocycles. The average molecular weight is 828 g/mol. The summed E-state index contributed by atoms with van der Waals surface area (Å²) in [5, 5.41) is 4.35. The third-order valence-electron chi connectivity index (χ3n) is 9.12. The number of fused-ring (bicyclic) bond motifs is 7. The molecule has 6 aromatic carbocycles. The molecule has 0 saturated heterocycles. The predicted molar refractivity (Wildman–Crippen MR) is 194 cm³/mol. The van der Waals surface area contributed by atoms with E-state index in [2.05, 4.69) is 100 Å². The summed E-state index contributed by atoms with van der Waals surface area (Å²) in [6.07, 6.45) is 4.96. The first kappa shape index (κ1) is 26.9. The first-order valence-corrected chi connectivity index (χ1v) is 16.0. The Morgan fingerprint density at radius 2 is 1.32 bits per heavy atom. The number of hydrogen-bond acceptors (Lipinski definition) is 2. The van der Waals surface area contributed by atoms with Crippen molar-refractivity contribution in [2.24, 2.45) is 6.98 Å². The predicted octanol–water partition coefficient (Wildman–Crippen LogP) is 9.23. The van der Waals surface area contributed by atoms with Crippen LogP contribution < -0.4 is 9.30 Å². The Balaban J connectivity index is 0.00000372. The fourth-order valence-corrected chi connectivity index (χ4v) is 6.98. The van der Waals surface area contributed by atoms with Gasteiger partial charge in [-0.25, -0.2) is 4.98 Å². The molecule has 0 aliphatic rings. The molecule has 0 aliphatic carbocycles. The Bertz CT molecular complexity index is 3000. The number of rotatable bonds is 5. The molecule has 0 bridgehead atoms. The van der Waals surface area contributed by atoms with Gasteiger partial charge in [0.15, 0.2) is 0 Å². The summed E-state index contributed by atoms with van der Waals surface area (Å²) in [5.41, 5.74) is 6.90. The summed E-state index contributed by atoms with van der Waals surface area (Å²) >= 11 is 0. The summed E-state index contributed by atoms with van der Waals surface area (Å²) in [5.74, 6) is 1.73. The largest absolute Gasteiger partial charge is 0.510 e. The van der Waals surface area contributed by atoms with E-state index in [0.717, 1.165) is 55.1 Å². The SMILES string of the molecule is [2H]C([2H])([2H])[n+]1[c-]n(-c2[c-]c(Oc3[c-]c4c(cc3)c3ccccc3n4-c3cc4c5ccccc5n(-c5ccccc5)c4cn3)ccc2)c2ccccc21.[Pt]. The first-order chi connectivity index (χ1) is 25.4. The molecular weight excluding hydrogens is 798 g/mol. The van der Waals surface area contributed by atoms with E-state index >= 15 is 0 Å². The number of imidazole rings is 1. The number of nitrogens with zero attached hydrogens (tertiary/aromatic N) is 5. The zero-order chi connectivity index (χ0) is 35.0. The number of aromatic nitrogens is 5. The molecule has 10 rings (SSSR count). The van der Waals surface area contributed by atoms with Gasteiger partial charge < -0.3 is 23.0 Å². The van der Waals surface area contributed by atoms with Crippen LogP contribution in [0.15, 0.2) is 146 Å². The molecule has 0 N–H and O–H groups in total. The van der Waals surface area contributed by atoms with Crippen LogP contribution in [-0.4, -0.2) is 18.7 Å². The van der Waals surface area contributed by atoms with Gasteiger partial charge in [0.25, 0.3) is 0 Å². The van der Waals surface area contributed by atoms with Gasteiger partial charge in [-0.05, 0) is 35.7 Å². The van der Waals surface area contributed by atoms with Crippen molar-refractivity contribution in [3.8, 4) is 28.7 Å². The van der Waals surface area contributed by atoms with Crippen molar-refractivity contribution in [1.82, 2.24) is 18.7 Å². The molecule has 0 fully saturated rings. The van der Waals surface area contributed by atoms with Crippen molar-refractivity contribution in [1.29, 1.82) is 0 Å². The van der Waals surface area contributed by atoms with Gasteiger partial charge in [-0.3, -0.25) is 0 Å². The summed E-state index contributed by atoms with van der Waals surface area (Å²) < 4.78 is 37.7. The maximum absolute atomic E-state index is 8.02. The number of benzene rings is 6. The quantitative estimate of drug-likeness (QED) is 0.128. The standard InChI is InChI=1S/C43H27N5O.Pt/c1-45-28-46(40-21-10-9-20-39(40)45)30-14-11-15-31(24-30)49-32-22-23-35-33-16-5-8-19-38(33)48(41(35)25-32)43-26-36-34-17-6-7-18-37(34)47(42(36)27-44-43)29-12-3-2-4-13-29;/h2-23,26-27H,1H3;/q-2;/i1D3;. The van der Waals surface area contributed by atoms with E-state index in [-0.39, 0.29) is 21.1 Å². The monoisotopic (exact) mass is 827 g/mol. The van der Waals surface area contributed by atoms with Crippen LogP contribution in [0.25, 0.3) is 71.8 Å². The minimum Gasteiger partial charge on any atom is -0.510 e. The third-order valence-corrected chi connectivity index (χ3v) is 9.12. The van der Waals surface area contributed by atoms with Crippen LogP contribution in [0.4, 0.5) is 0 Å². The molecular formula is C43H27N5OPt-2. The van der Waals surface area contributed by atoms with E-state index < -0.39 is 6.98 Å². The van der Waals surface area contributed by atoms with E-state index in [1.54, 1.807) is 10.6 Å². The van der Waals surface area contributed by atoms with Crippen molar-refractivity contribution in [2.75, 3.05) is 0 Å². The van der Waals surface area contributed by atoms with Gasteiger partial charge in [0.2, 0.25) is 6.33 Å². The van der Waals surface area contributed by atoms with Crippen molar-refractivity contribution in [2.45, 2.75) is 0 Å². The third kappa shape index (κ3) is 4.67. The fourth-order valence-electron chi connectivity index (χ4n) is 6.98. The van der Waals surface area contributed by atoms with Gasteiger partial charge in [-0.1, -0.05) is 90.1 Å². The number of hydrogen-bond donors (Lipinski definition) is 0. The molecule has 0 amide bonds. The summed E-state index contributed by atoms with van der Waals surface area (Å²) in [4.78, 5) is 5.06. The number of ether oxygens (including phenoxy) is 1. The van der Waals surface area contributed by atoms with E-state index in [0.29, 0.717) is 28.2 Å². The molecule has 50 heavy (non-hydrogen) atoms. The summed E-state index contributed by atoms with van der Waals surface area (Å²) in [6.45, 7) is -2.39. The molecule has 0 aliphatic heterocycles. The van der Waals surface area contributed by atoms with Crippen LogP contribution >= 0.6 is 0 Å². The van der Waals surface area contributed by atoms with Gasteiger partial charge in [0.1, 0.15) is 5.82 Å². The molecule has 7 heteroatoms. The van der Waals surface area contributed by atoms with Crippen LogP contribution in [0.2, 0.25) is 0 Å². The second-order valence-electron chi connectivity index (χ2n) is 11.9. The Morgan fingerprint density at radius 3 is 2.14 bits per heavy atom. The molecule has 0 radical (unpaired) electrons. The zero-order valence-electron chi connectivity index (χ0n) is 29.3. The Hall–Kier alpha value is -5.97. The van der Waals surface area contributed by atoms with Crippen LogP contribution in [0.1, 0.15) is 4.11 Å². The maximum Gasteiger partial charge on any atom is 0.242 e. The van der Waals surface area contributed by atoms with Gasteiger partial charge in [0, 0.05) is 54.5 Å². The number of aryl methyl sites for hydroxylation is 1. The normalized spacial score (nSPS) is 12.7. The Morgan fingerprint density at radius 1 is 0.620 bits per heavy atom. The summed E-state index contributed by atoms with van der Waals surface area (Å²) in [6, 6.07) is 52.9. The van der Waals surface area contributed by atoms with E-state index in [1.165, 1.54) is 4.57 Å². The van der Waals surface area contributed by atoms with Crippen LogP contribution in [-0.2, 0) is 28.0 Å². The Labute approximate surface area is 306 Å². The Kier molecular flexibility index (Phi) is 6.39. The van der Waals surface area contributed by atoms with Gasteiger partial charge in [0.05, 0.1) is 39.4 Å². The fraction of sp³-hybridized carbons (Fsp3) is 0.0233. The second kappa shape index (κ2) is 11.9. The van der Waals surface area contributed by atoms with Crippen molar-refractivity contribution in [3.05, 3.63) is 164 Å². The summed E-state index contributed by atoms with van der Waals surface area (Å²) in [7, 11) is 0. The zero-order valence-corrected chi connectivity index (χ0v) is 28.6. The van der Waals surface area contributed by atoms with E-state index in [4.69, 9.17) is 13.8 Å². The minimum atomic E-state index is -2.39. The van der Waals surface area contributed by atoms with Gasteiger partial charge >= 0.3 is 0 Å². The molecule has 0 unspecified atom stereocenters. The average Bonchev–Trinajstić information content (AvgIpc) is 3.83. The molecule has 4 heterocycles. The van der Waals surface area contributed by atoms with Crippen molar-refractivity contribution >= 4 is 54.6 Å². The minimum absolute atomic E-state index is 0. The molecule has 6 nitrogen and oxygen atoms in total. The van der Waals surface area contributed by atoms with Gasteiger partial charge in [-0.2, -0.15) is 18.2 Å². The van der Waals surface area contributed by atoms with E-state index in [9.17, 15) is 0 Å². The smallest absolute Gasteiger partial charge is 0.242 e. The van der Waals surface area contributed by atoms with Gasteiger partial charge in [-0.15, -0.1) is 29.7 Å². The first-order valence-electron chi connectivity index (χ1n) is 17.5. The second-order valence-corrected chi connectivity index (χ2v) is 11.9. The topological polar surface area (TPSA) is 40.8 Å². The van der Waals surface area contributed by atoms with Crippen LogP contribution in [0, 0.1) is 18.5 Å². The van der Waals surface area contributed by atoms with Crippen molar-refractivity contribution < 1.29 is 34.5 Å². The van der Waals surface area contributed by atoms with Crippen LogP contribution in [0.5, 0.6) is 11.5 Å². The molecule has 0 spiro atoms. The maximum atomic E-state index is 8.02. The number of para-hydroxylation sites is 5.